The summed E-state index contributed by atoms with van der Waals surface area (Å²) in [4.78, 5) is 13.1. The molecule has 0 atom stereocenters. The number of hydrogen-bond donors (Lipinski definition) is 1. The van der Waals surface area contributed by atoms with Crippen molar-refractivity contribution >= 4 is 5.95 Å². The molecule has 0 aliphatic carbocycles. The van der Waals surface area contributed by atoms with Gasteiger partial charge in [-0.25, -0.2) is 15.0 Å². The van der Waals surface area contributed by atoms with Gasteiger partial charge in [0.05, 0.1) is 23.1 Å². The van der Waals surface area contributed by atoms with E-state index in [1.54, 1.807) is 18.6 Å². The minimum absolute atomic E-state index is 0.297. The third kappa shape index (κ3) is 2.57. The highest BCUT2D eigenvalue weighted by atomic mass is 15.3. The lowest BCUT2D eigenvalue weighted by atomic mass is 10.3. The zero-order valence-electron chi connectivity index (χ0n) is 13.1. The van der Waals surface area contributed by atoms with Crippen molar-refractivity contribution in [2.45, 2.75) is 26.8 Å². The van der Waals surface area contributed by atoms with Crippen LogP contribution in [0.15, 0.2) is 31.0 Å². The minimum Gasteiger partial charge on any atom is -0.352 e. The van der Waals surface area contributed by atoms with E-state index in [1.807, 2.05) is 35.6 Å². The molecule has 0 amide bonds. The summed E-state index contributed by atoms with van der Waals surface area (Å²) in [5.74, 6) is 1.42. The molecule has 3 aromatic heterocycles. The van der Waals surface area contributed by atoms with Crippen molar-refractivity contribution in [3.8, 4) is 17.1 Å². The summed E-state index contributed by atoms with van der Waals surface area (Å²) in [5, 5.41) is 7.45. The van der Waals surface area contributed by atoms with Crippen molar-refractivity contribution in [1.29, 1.82) is 0 Å². The maximum absolute atomic E-state index is 4.43. The van der Waals surface area contributed by atoms with Crippen molar-refractivity contribution in [3.05, 3.63) is 36.7 Å². The largest absolute Gasteiger partial charge is 0.352 e. The van der Waals surface area contributed by atoms with E-state index in [-0.39, 0.29) is 0 Å². The maximum atomic E-state index is 4.43. The Labute approximate surface area is 129 Å². The van der Waals surface area contributed by atoms with Crippen LogP contribution in [0.4, 0.5) is 5.95 Å². The number of rotatable bonds is 4. The van der Waals surface area contributed by atoms with Gasteiger partial charge in [-0.05, 0) is 20.8 Å². The molecular weight excluding hydrogens is 278 g/mol. The summed E-state index contributed by atoms with van der Waals surface area (Å²) in [6.45, 7) is 6.13. The average Bonchev–Trinajstić information content (AvgIpc) is 3.07. The molecule has 0 aliphatic heterocycles. The van der Waals surface area contributed by atoms with Crippen LogP contribution in [0, 0.1) is 6.92 Å². The lowest BCUT2D eigenvalue weighted by molar-refractivity contribution is 0.738. The van der Waals surface area contributed by atoms with Crippen LogP contribution in [0.2, 0.25) is 0 Å². The van der Waals surface area contributed by atoms with Crippen LogP contribution in [0.3, 0.4) is 0 Å². The van der Waals surface area contributed by atoms with Gasteiger partial charge in [0.2, 0.25) is 5.95 Å². The van der Waals surface area contributed by atoms with Crippen molar-refractivity contribution in [2.24, 2.45) is 7.05 Å². The lowest BCUT2D eigenvalue weighted by Crippen LogP contribution is -2.12. The molecule has 0 aliphatic rings. The molecule has 22 heavy (non-hydrogen) atoms. The van der Waals surface area contributed by atoms with E-state index in [0.717, 1.165) is 22.8 Å². The van der Waals surface area contributed by atoms with Gasteiger partial charge in [0.25, 0.3) is 0 Å². The Hall–Kier alpha value is -2.70. The average molecular weight is 297 g/mol. The van der Waals surface area contributed by atoms with Gasteiger partial charge in [0.15, 0.2) is 0 Å². The van der Waals surface area contributed by atoms with Gasteiger partial charge in [-0.2, -0.15) is 5.10 Å². The molecule has 7 nitrogen and oxygen atoms in total. The van der Waals surface area contributed by atoms with E-state index >= 15 is 0 Å². The van der Waals surface area contributed by atoms with Gasteiger partial charge in [0.1, 0.15) is 5.82 Å². The highest BCUT2D eigenvalue weighted by Gasteiger charge is 2.13. The summed E-state index contributed by atoms with van der Waals surface area (Å²) >= 11 is 0. The second-order valence-corrected chi connectivity index (χ2v) is 5.45. The highest BCUT2D eigenvalue weighted by Crippen LogP contribution is 2.22. The Balaban J connectivity index is 1.97. The first-order chi connectivity index (χ1) is 10.6. The molecule has 0 bridgehead atoms. The van der Waals surface area contributed by atoms with Gasteiger partial charge in [0, 0.05) is 37.9 Å². The highest BCUT2D eigenvalue weighted by molar-refractivity contribution is 5.57. The fourth-order valence-electron chi connectivity index (χ4n) is 2.21. The molecule has 0 fully saturated rings. The van der Waals surface area contributed by atoms with Crippen LogP contribution < -0.4 is 5.32 Å². The summed E-state index contributed by atoms with van der Waals surface area (Å²) < 4.78 is 3.84. The molecule has 0 radical (unpaired) electrons. The fourth-order valence-corrected chi connectivity index (χ4v) is 2.21. The van der Waals surface area contributed by atoms with E-state index in [4.69, 9.17) is 0 Å². The van der Waals surface area contributed by atoms with Crippen LogP contribution in [0.1, 0.15) is 19.5 Å². The Kier molecular flexibility index (Phi) is 3.62. The smallest absolute Gasteiger partial charge is 0.222 e. The van der Waals surface area contributed by atoms with Crippen LogP contribution in [0.25, 0.3) is 17.1 Å². The zero-order chi connectivity index (χ0) is 15.7. The van der Waals surface area contributed by atoms with Crippen molar-refractivity contribution in [1.82, 2.24) is 29.3 Å². The molecular formula is C15H19N7. The predicted molar refractivity (Wildman–Crippen MR) is 84.9 cm³/mol. The van der Waals surface area contributed by atoms with Crippen molar-refractivity contribution < 1.29 is 0 Å². The number of imidazole rings is 1. The Morgan fingerprint density at radius 3 is 2.41 bits per heavy atom. The minimum atomic E-state index is 0.297. The van der Waals surface area contributed by atoms with Crippen LogP contribution in [-0.2, 0) is 7.05 Å². The lowest BCUT2D eigenvalue weighted by Gasteiger charge is -2.09. The Morgan fingerprint density at radius 1 is 1.09 bits per heavy atom. The van der Waals surface area contributed by atoms with Gasteiger partial charge < -0.3 is 5.32 Å². The van der Waals surface area contributed by atoms with E-state index in [1.165, 1.54) is 0 Å². The summed E-state index contributed by atoms with van der Waals surface area (Å²) in [5.41, 5.74) is 2.93. The second-order valence-electron chi connectivity index (χ2n) is 5.45. The molecule has 0 saturated heterocycles. The van der Waals surface area contributed by atoms with Crippen molar-refractivity contribution in [3.63, 3.8) is 0 Å². The Morgan fingerprint density at radius 2 is 1.82 bits per heavy atom. The molecule has 114 valence electrons. The first-order valence-corrected chi connectivity index (χ1v) is 7.17. The predicted octanol–water partition coefficient (Wildman–Crippen LogP) is 2.19. The maximum Gasteiger partial charge on any atom is 0.222 e. The number of anilines is 1. The number of aryl methyl sites for hydroxylation is 1. The van der Waals surface area contributed by atoms with E-state index in [9.17, 15) is 0 Å². The molecule has 1 N–H and O–H groups in total. The molecule has 0 aromatic carbocycles. The molecule has 0 saturated carbocycles. The van der Waals surface area contributed by atoms with E-state index < -0.39 is 0 Å². The third-order valence-electron chi connectivity index (χ3n) is 3.44. The van der Waals surface area contributed by atoms with Crippen molar-refractivity contribution in [2.75, 3.05) is 5.32 Å². The number of nitrogens with zero attached hydrogens (tertiary/aromatic N) is 6. The molecule has 3 aromatic rings. The number of hydrogen-bond acceptors (Lipinski definition) is 5. The van der Waals surface area contributed by atoms with Gasteiger partial charge >= 0.3 is 0 Å². The first kappa shape index (κ1) is 14.2. The first-order valence-electron chi connectivity index (χ1n) is 7.17. The zero-order valence-corrected chi connectivity index (χ0v) is 13.1. The topological polar surface area (TPSA) is 73.5 Å². The van der Waals surface area contributed by atoms with Crippen LogP contribution in [0.5, 0.6) is 0 Å². The molecule has 7 heteroatoms. The SMILES string of the molecule is Cc1c(-n2ccnc2-c2cnc(NC(C)C)nc2)cnn1C. The van der Waals surface area contributed by atoms with Gasteiger partial charge in [-0.15, -0.1) is 0 Å². The molecule has 0 spiro atoms. The van der Waals surface area contributed by atoms with Gasteiger partial charge in [-0.3, -0.25) is 9.25 Å². The fraction of sp³-hybridized carbons (Fsp3) is 0.333. The standard InChI is InChI=1S/C15H19N7/c1-10(2)20-15-17-7-12(8-18-15)14-16-5-6-22(14)13-9-19-21(4)11(13)3/h5-10H,1-4H3,(H,17,18,20). The number of aromatic nitrogens is 6. The van der Waals surface area contributed by atoms with E-state index in [0.29, 0.717) is 12.0 Å². The molecule has 3 heterocycles. The number of nitrogens with one attached hydrogen (secondary N) is 1. The van der Waals surface area contributed by atoms with Crippen LogP contribution >= 0.6 is 0 Å². The summed E-state index contributed by atoms with van der Waals surface area (Å²) in [7, 11) is 1.92. The van der Waals surface area contributed by atoms with E-state index in [2.05, 4.69) is 39.2 Å². The molecule has 0 unspecified atom stereocenters. The monoisotopic (exact) mass is 297 g/mol. The molecule has 3 rings (SSSR count). The normalized spacial score (nSPS) is 11.1. The summed E-state index contributed by atoms with van der Waals surface area (Å²) in [6.07, 6.45) is 9.07. The summed E-state index contributed by atoms with van der Waals surface area (Å²) in [6, 6.07) is 0.297. The van der Waals surface area contributed by atoms with Gasteiger partial charge in [-0.1, -0.05) is 0 Å². The quantitative estimate of drug-likeness (QED) is 0.799. The second kappa shape index (κ2) is 5.59. The third-order valence-corrected chi connectivity index (χ3v) is 3.44. The van der Waals surface area contributed by atoms with Crippen LogP contribution in [-0.4, -0.2) is 35.3 Å². The Bertz CT molecular complexity index is 768.